The first-order valence-corrected chi connectivity index (χ1v) is 10.1. The van der Waals surface area contributed by atoms with Crippen molar-refractivity contribution < 1.29 is 9.53 Å². The lowest BCUT2D eigenvalue weighted by Gasteiger charge is -2.38. The lowest BCUT2D eigenvalue weighted by atomic mass is 9.92. The number of hydrogen-bond donors (Lipinski definition) is 1. The average molecular weight is 367 g/mol. The molecule has 6 nitrogen and oxygen atoms in total. The molecule has 0 aromatic carbocycles. The summed E-state index contributed by atoms with van der Waals surface area (Å²) < 4.78 is 5.47. The lowest BCUT2D eigenvalue weighted by molar-refractivity contribution is 0.0185. The fourth-order valence-electron chi connectivity index (χ4n) is 4.05. The molecule has 2 unspecified atom stereocenters. The monoisotopic (exact) mass is 366 g/mol. The van der Waals surface area contributed by atoms with Crippen molar-refractivity contribution in [1.29, 1.82) is 0 Å². The number of carbonyl (C=O) groups is 1. The molecule has 150 valence electrons. The third-order valence-corrected chi connectivity index (χ3v) is 5.20. The molecule has 1 N–H and O–H groups in total. The fraction of sp³-hybridized carbons (Fsp3) is 0.900. The van der Waals surface area contributed by atoms with Gasteiger partial charge in [-0.25, -0.2) is 4.79 Å². The average Bonchev–Trinajstić information content (AvgIpc) is 2.53. The normalized spacial score (nSPS) is 26.0. The Labute approximate surface area is 159 Å². The Kier molecular flexibility index (Phi) is 7.18. The van der Waals surface area contributed by atoms with Gasteiger partial charge in [-0.3, -0.25) is 4.99 Å². The van der Waals surface area contributed by atoms with Gasteiger partial charge in [-0.2, -0.15) is 0 Å². The van der Waals surface area contributed by atoms with E-state index in [1.165, 1.54) is 6.42 Å². The number of carbonyl (C=O) groups excluding carboxylic acids is 1. The minimum atomic E-state index is -0.426. The standard InChI is InChI=1S/C20H38N4O2/c1-15-11-16(2)14-24(13-15)18(21-6)22-12-17-7-9-23(10-8-17)19(25)26-20(3,4)5/h15-17H,7-14H2,1-6H3,(H,21,22). The summed E-state index contributed by atoms with van der Waals surface area (Å²) in [6.07, 6.45) is 3.14. The van der Waals surface area contributed by atoms with Crippen molar-refractivity contribution in [3.8, 4) is 0 Å². The first-order valence-electron chi connectivity index (χ1n) is 10.1. The van der Waals surface area contributed by atoms with Gasteiger partial charge in [0.1, 0.15) is 5.60 Å². The molecule has 2 atom stereocenters. The molecule has 26 heavy (non-hydrogen) atoms. The highest BCUT2D eigenvalue weighted by Gasteiger charge is 2.28. The van der Waals surface area contributed by atoms with Crippen LogP contribution in [-0.2, 0) is 4.74 Å². The van der Waals surface area contributed by atoms with Gasteiger partial charge >= 0.3 is 6.09 Å². The Morgan fingerprint density at radius 1 is 1.12 bits per heavy atom. The second-order valence-electron chi connectivity index (χ2n) is 9.19. The second kappa shape index (κ2) is 8.96. The number of amides is 1. The van der Waals surface area contributed by atoms with Gasteiger partial charge in [-0.15, -0.1) is 0 Å². The first-order chi connectivity index (χ1) is 12.2. The highest BCUT2D eigenvalue weighted by Crippen LogP contribution is 2.22. The van der Waals surface area contributed by atoms with Crippen molar-refractivity contribution in [3.63, 3.8) is 0 Å². The van der Waals surface area contributed by atoms with Gasteiger partial charge in [0.25, 0.3) is 0 Å². The summed E-state index contributed by atoms with van der Waals surface area (Å²) in [5.74, 6) is 3.03. The maximum absolute atomic E-state index is 12.2. The Bertz CT molecular complexity index is 483. The van der Waals surface area contributed by atoms with Crippen molar-refractivity contribution in [1.82, 2.24) is 15.1 Å². The molecule has 2 rings (SSSR count). The SMILES string of the molecule is CN=C(NCC1CCN(C(=O)OC(C)(C)C)CC1)N1CC(C)CC(C)C1. The minimum absolute atomic E-state index is 0.184. The van der Waals surface area contributed by atoms with Crippen LogP contribution in [0.15, 0.2) is 4.99 Å². The molecule has 2 saturated heterocycles. The zero-order valence-corrected chi connectivity index (χ0v) is 17.5. The van der Waals surface area contributed by atoms with E-state index >= 15 is 0 Å². The lowest BCUT2D eigenvalue weighted by Crippen LogP contribution is -2.50. The number of aliphatic imine (C=N–C) groups is 1. The zero-order valence-electron chi connectivity index (χ0n) is 17.5. The summed E-state index contributed by atoms with van der Waals surface area (Å²) in [6, 6.07) is 0. The van der Waals surface area contributed by atoms with E-state index in [4.69, 9.17) is 4.74 Å². The van der Waals surface area contributed by atoms with Gasteiger partial charge in [0.05, 0.1) is 0 Å². The van der Waals surface area contributed by atoms with Crippen molar-refractivity contribution in [2.75, 3.05) is 39.8 Å². The molecule has 2 aliphatic heterocycles. The van der Waals surface area contributed by atoms with E-state index in [1.807, 2.05) is 32.7 Å². The molecule has 0 saturated carbocycles. The molecule has 2 heterocycles. The molecule has 2 aliphatic rings. The third-order valence-electron chi connectivity index (χ3n) is 5.20. The Hall–Kier alpha value is -1.46. The smallest absolute Gasteiger partial charge is 0.410 e. The van der Waals surface area contributed by atoms with E-state index in [2.05, 4.69) is 29.1 Å². The highest BCUT2D eigenvalue weighted by molar-refractivity contribution is 5.80. The summed E-state index contributed by atoms with van der Waals surface area (Å²) in [4.78, 5) is 20.9. The number of piperidine rings is 2. The predicted molar refractivity (Wildman–Crippen MR) is 106 cm³/mol. The number of hydrogen-bond acceptors (Lipinski definition) is 3. The van der Waals surface area contributed by atoms with Crippen molar-refractivity contribution in [3.05, 3.63) is 0 Å². The minimum Gasteiger partial charge on any atom is -0.444 e. The van der Waals surface area contributed by atoms with E-state index in [9.17, 15) is 4.79 Å². The van der Waals surface area contributed by atoms with Crippen LogP contribution in [0.3, 0.4) is 0 Å². The van der Waals surface area contributed by atoms with Gasteiger partial charge in [0, 0.05) is 39.8 Å². The Morgan fingerprint density at radius 2 is 1.69 bits per heavy atom. The van der Waals surface area contributed by atoms with Crippen molar-refractivity contribution in [2.45, 2.75) is 59.5 Å². The summed E-state index contributed by atoms with van der Waals surface area (Å²) >= 11 is 0. The van der Waals surface area contributed by atoms with Crippen LogP contribution in [0.2, 0.25) is 0 Å². The fourth-order valence-corrected chi connectivity index (χ4v) is 4.05. The molecular weight excluding hydrogens is 328 g/mol. The van der Waals surface area contributed by atoms with E-state index in [1.54, 1.807) is 0 Å². The molecule has 1 amide bonds. The van der Waals surface area contributed by atoms with Crippen molar-refractivity contribution in [2.24, 2.45) is 22.7 Å². The van der Waals surface area contributed by atoms with Crippen LogP contribution in [0.25, 0.3) is 0 Å². The van der Waals surface area contributed by atoms with Gasteiger partial charge < -0.3 is 19.9 Å². The first kappa shape index (κ1) is 20.8. The molecule has 0 aromatic heterocycles. The van der Waals surface area contributed by atoms with Crippen LogP contribution >= 0.6 is 0 Å². The van der Waals surface area contributed by atoms with E-state index in [0.29, 0.717) is 5.92 Å². The predicted octanol–water partition coefficient (Wildman–Crippen LogP) is 3.19. The van der Waals surface area contributed by atoms with E-state index in [0.717, 1.165) is 63.4 Å². The Balaban J connectivity index is 1.76. The van der Waals surface area contributed by atoms with Gasteiger partial charge in [0.2, 0.25) is 0 Å². The summed E-state index contributed by atoms with van der Waals surface area (Å²) in [7, 11) is 1.87. The van der Waals surface area contributed by atoms with Crippen LogP contribution in [0, 0.1) is 17.8 Å². The summed E-state index contributed by atoms with van der Waals surface area (Å²) in [5.41, 5.74) is -0.426. The number of nitrogens with zero attached hydrogens (tertiary/aromatic N) is 3. The van der Waals surface area contributed by atoms with Crippen LogP contribution in [-0.4, -0.2) is 67.2 Å². The van der Waals surface area contributed by atoms with Crippen LogP contribution in [0.4, 0.5) is 4.79 Å². The number of likely N-dealkylation sites (tertiary alicyclic amines) is 2. The molecule has 0 radical (unpaired) electrons. The van der Waals surface area contributed by atoms with E-state index < -0.39 is 5.60 Å². The summed E-state index contributed by atoms with van der Waals surface area (Å²) in [6.45, 7) is 15.0. The molecule has 0 aliphatic carbocycles. The molecule has 0 spiro atoms. The quantitative estimate of drug-likeness (QED) is 0.602. The third kappa shape index (κ3) is 6.36. The number of ether oxygens (including phenoxy) is 1. The molecular formula is C20H38N4O2. The number of guanidine groups is 1. The number of rotatable bonds is 2. The largest absolute Gasteiger partial charge is 0.444 e. The molecule has 0 aromatic rings. The maximum atomic E-state index is 12.2. The van der Waals surface area contributed by atoms with Gasteiger partial charge in [0.15, 0.2) is 5.96 Å². The topological polar surface area (TPSA) is 57.2 Å². The molecule has 6 heteroatoms. The Morgan fingerprint density at radius 3 is 2.19 bits per heavy atom. The van der Waals surface area contributed by atoms with Crippen LogP contribution in [0.1, 0.15) is 53.9 Å². The van der Waals surface area contributed by atoms with Gasteiger partial charge in [-0.05, 0) is 57.8 Å². The van der Waals surface area contributed by atoms with E-state index in [-0.39, 0.29) is 6.09 Å². The van der Waals surface area contributed by atoms with Crippen molar-refractivity contribution >= 4 is 12.1 Å². The molecule has 0 bridgehead atoms. The van der Waals surface area contributed by atoms with Crippen LogP contribution in [0.5, 0.6) is 0 Å². The molecule has 2 fully saturated rings. The second-order valence-corrected chi connectivity index (χ2v) is 9.19. The highest BCUT2D eigenvalue weighted by atomic mass is 16.6. The maximum Gasteiger partial charge on any atom is 0.410 e. The summed E-state index contributed by atoms with van der Waals surface area (Å²) in [5, 5.41) is 3.57. The number of nitrogens with one attached hydrogen (secondary N) is 1. The van der Waals surface area contributed by atoms with Crippen LogP contribution < -0.4 is 5.32 Å². The van der Waals surface area contributed by atoms with Gasteiger partial charge in [-0.1, -0.05) is 13.8 Å². The zero-order chi connectivity index (χ0) is 19.3.